The summed E-state index contributed by atoms with van der Waals surface area (Å²) in [6.07, 6.45) is 4.62. The number of halogens is 3. The molecule has 0 N–H and O–H groups in total. The van der Waals surface area contributed by atoms with Gasteiger partial charge in [-0.15, -0.1) is 0 Å². The third-order valence-corrected chi connectivity index (χ3v) is 5.33. The van der Waals surface area contributed by atoms with Crippen molar-refractivity contribution in [2.75, 3.05) is 0 Å². The zero-order valence-electron chi connectivity index (χ0n) is 10.8. The minimum atomic E-state index is -0.371. The summed E-state index contributed by atoms with van der Waals surface area (Å²) in [4.78, 5) is -0.108. The maximum absolute atomic E-state index is 13.8. The minimum absolute atomic E-state index is 0.108. The molecule has 0 amide bonds. The van der Waals surface area contributed by atoms with Gasteiger partial charge in [0.25, 0.3) is 0 Å². The van der Waals surface area contributed by atoms with Crippen LogP contribution in [0, 0.1) is 23.0 Å². The third-order valence-electron chi connectivity index (χ3n) is 4.20. The Balaban J connectivity index is 2.29. The molecule has 0 nitrogen and oxygen atoms in total. The van der Waals surface area contributed by atoms with E-state index in [1.165, 1.54) is 31.0 Å². The van der Waals surface area contributed by atoms with Crippen LogP contribution in [0.4, 0.5) is 8.78 Å². The maximum Gasteiger partial charge on any atom is 0.127 e. The lowest BCUT2D eigenvalue weighted by Crippen LogP contribution is -2.31. The Kier molecular flexibility index (Phi) is 4.10. The molecule has 1 saturated carbocycles. The van der Waals surface area contributed by atoms with E-state index in [9.17, 15) is 8.78 Å². The Morgan fingerprint density at radius 2 is 2.00 bits per heavy atom. The molecule has 0 spiro atoms. The van der Waals surface area contributed by atoms with Gasteiger partial charge in [0.1, 0.15) is 11.6 Å². The van der Waals surface area contributed by atoms with E-state index in [-0.39, 0.29) is 21.9 Å². The van der Waals surface area contributed by atoms with Gasteiger partial charge in [0, 0.05) is 10.4 Å². The van der Waals surface area contributed by atoms with Crippen LogP contribution < -0.4 is 0 Å². The van der Waals surface area contributed by atoms with Crippen LogP contribution in [0.2, 0.25) is 0 Å². The van der Waals surface area contributed by atoms with Gasteiger partial charge in [-0.05, 0) is 42.4 Å². The van der Waals surface area contributed by atoms with E-state index in [0.717, 1.165) is 12.8 Å². The molecule has 0 aromatic heterocycles. The first-order chi connectivity index (χ1) is 8.42. The van der Waals surface area contributed by atoms with Crippen molar-refractivity contribution < 1.29 is 8.78 Å². The second-order valence-electron chi connectivity index (χ2n) is 5.91. The molecule has 18 heavy (non-hydrogen) atoms. The van der Waals surface area contributed by atoms with E-state index in [0.29, 0.717) is 11.5 Å². The SMILES string of the molecule is CC1(C)CCCCC1C(Br)c1cc(F)ccc1F. The summed E-state index contributed by atoms with van der Waals surface area (Å²) in [7, 11) is 0. The summed E-state index contributed by atoms with van der Waals surface area (Å²) < 4.78 is 27.1. The van der Waals surface area contributed by atoms with E-state index in [1.807, 2.05) is 0 Å². The van der Waals surface area contributed by atoms with Crippen LogP contribution in [0.15, 0.2) is 18.2 Å². The molecule has 0 heterocycles. The fourth-order valence-corrected chi connectivity index (χ4v) is 4.34. The maximum atomic E-state index is 13.8. The highest BCUT2D eigenvalue weighted by Gasteiger charge is 2.37. The topological polar surface area (TPSA) is 0 Å². The Labute approximate surface area is 116 Å². The lowest BCUT2D eigenvalue weighted by molar-refractivity contribution is 0.135. The van der Waals surface area contributed by atoms with Crippen molar-refractivity contribution in [3.63, 3.8) is 0 Å². The van der Waals surface area contributed by atoms with Crippen molar-refractivity contribution in [3.05, 3.63) is 35.4 Å². The molecular weight excluding hydrogens is 298 g/mol. The van der Waals surface area contributed by atoms with E-state index in [1.54, 1.807) is 0 Å². The summed E-state index contributed by atoms with van der Waals surface area (Å²) in [5.41, 5.74) is 0.625. The molecule has 0 saturated heterocycles. The third kappa shape index (κ3) is 2.76. The summed E-state index contributed by atoms with van der Waals surface area (Å²) in [6, 6.07) is 3.71. The lowest BCUT2D eigenvalue weighted by atomic mass is 9.67. The van der Waals surface area contributed by atoms with Crippen LogP contribution in [-0.4, -0.2) is 0 Å². The van der Waals surface area contributed by atoms with Crippen LogP contribution >= 0.6 is 15.9 Å². The molecule has 0 radical (unpaired) electrons. The Bertz CT molecular complexity index is 429. The minimum Gasteiger partial charge on any atom is -0.207 e. The molecule has 2 rings (SSSR count). The molecule has 2 atom stereocenters. The van der Waals surface area contributed by atoms with Gasteiger partial charge >= 0.3 is 0 Å². The van der Waals surface area contributed by atoms with Crippen molar-refractivity contribution >= 4 is 15.9 Å². The van der Waals surface area contributed by atoms with Gasteiger partial charge in [0.15, 0.2) is 0 Å². The van der Waals surface area contributed by atoms with Gasteiger partial charge in [-0.1, -0.05) is 42.6 Å². The lowest BCUT2D eigenvalue weighted by Gasteiger charge is -2.41. The molecule has 1 aromatic rings. The van der Waals surface area contributed by atoms with Crippen LogP contribution in [-0.2, 0) is 0 Å². The first-order valence-electron chi connectivity index (χ1n) is 6.51. The molecular formula is C15H19BrF2. The van der Waals surface area contributed by atoms with E-state index in [4.69, 9.17) is 0 Å². The zero-order valence-corrected chi connectivity index (χ0v) is 12.4. The van der Waals surface area contributed by atoms with Crippen molar-refractivity contribution in [2.45, 2.75) is 44.4 Å². The first-order valence-corrected chi connectivity index (χ1v) is 7.42. The van der Waals surface area contributed by atoms with Gasteiger partial charge in [0.05, 0.1) is 0 Å². The van der Waals surface area contributed by atoms with Crippen molar-refractivity contribution in [1.82, 2.24) is 0 Å². The molecule has 3 heteroatoms. The number of hydrogen-bond donors (Lipinski definition) is 0. The highest BCUT2D eigenvalue weighted by Crippen LogP contribution is 2.50. The van der Waals surface area contributed by atoms with E-state index in [2.05, 4.69) is 29.8 Å². The monoisotopic (exact) mass is 316 g/mol. The van der Waals surface area contributed by atoms with Gasteiger partial charge in [-0.25, -0.2) is 8.78 Å². The molecule has 1 fully saturated rings. The second kappa shape index (κ2) is 5.28. The molecule has 100 valence electrons. The average molecular weight is 317 g/mol. The number of hydrogen-bond acceptors (Lipinski definition) is 0. The predicted octanol–water partition coefficient (Wildman–Crippen LogP) is 5.62. The van der Waals surface area contributed by atoms with Crippen LogP contribution in [0.25, 0.3) is 0 Å². The van der Waals surface area contributed by atoms with E-state index < -0.39 is 0 Å². The Hall–Kier alpha value is -0.440. The second-order valence-corrected chi connectivity index (χ2v) is 6.89. The molecule has 1 aliphatic carbocycles. The number of benzene rings is 1. The van der Waals surface area contributed by atoms with Gasteiger partial charge in [-0.3, -0.25) is 0 Å². The smallest absolute Gasteiger partial charge is 0.127 e. The Morgan fingerprint density at radius 1 is 1.28 bits per heavy atom. The molecule has 1 aliphatic rings. The quantitative estimate of drug-likeness (QED) is 0.621. The highest BCUT2D eigenvalue weighted by atomic mass is 79.9. The Morgan fingerprint density at radius 3 is 2.67 bits per heavy atom. The predicted molar refractivity (Wildman–Crippen MR) is 73.8 cm³/mol. The van der Waals surface area contributed by atoms with Crippen LogP contribution in [0.3, 0.4) is 0 Å². The zero-order chi connectivity index (χ0) is 13.3. The average Bonchev–Trinajstić information content (AvgIpc) is 2.31. The normalized spacial score (nSPS) is 24.8. The van der Waals surface area contributed by atoms with Gasteiger partial charge < -0.3 is 0 Å². The highest BCUT2D eigenvalue weighted by molar-refractivity contribution is 9.09. The van der Waals surface area contributed by atoms with Crippen LogP contribution in [0.5, 0.6) is 0 Å². The standard InChI is InChI=1S/C15H19BrF2/c1-15(2)8-4-3-5-12(15)14(16)11-9-10(17)6-7-13(11)18/h6-7,9,12,14H,3-5,8H2,1-2H3. The van der Waals surface area contributed by atoms with Crippen molar-refractivity contribution in [3.8, 4) is 0 Å². The summed E-state index contributed by atoms with van der Waals surface area (Å²) >= 11 is 3.60. The number of rotatable bonds is 2. The van der Waals surface area contributed by atoms with Crippen LogP contribution in [0.1, 0.15) is 49.9 Å². The number of alkyl halides is 1. The fourth-order valence-electron chi connectivity index (χ4n) is 3.01. The molecule has 1 aromatic carbocycles. The summed E-state index contributed by atoms with van der Waals surface area (Å²) in [5, 5.41) is 0. The van der Waals surface area contributed by atoms with Crippen molar-refractivity contribution in [1.29, 1.82) is 0 Å². The van der Waals surface area contributed by atoms with Gasteiger partial charge in [0.2, 0.25) is 0 Å². The molecule has 0 aliphatic heterocycles. The first kappa shape index (κ1) is 14.0. The largest absolute Gasteiger partial charge is 0.207 e. The van der Waals surface area contributed by atoms with Gasteiger partial charge in [-0.2, -0.15) is 0 Å². The molecule has 2 unspecified atom stereocenters. The van der Waals surface area contributed by atoms with E-state index >= 15 is 0 Å². The molecule has 0 bridgehead atoms. The van der Waals surface area contributed by atoms with Crippen molar-refractivity contribution in [2.24, 2.45) is 11.3 Å². The fraction of sp³-hybridized carbons (Fsp3) is 0.600. The summed E-state index contributed by atoms with van der Waals surface area (Å²) in [5.74, 6) is -0.341. The summed E-state index contributed by atoms with van der Waals surface area (Å²) in [6.45, 7) is 4.45.